The maximum absolute atomic E-state index is 11.9. The van der Waals surface area contributed by atoms with Crippen molar-refractivity contribution < 1.29 is 15.0 Å². The number of halogens is 1. The molecule has 0 unspecified atom stereocenters. The maximum Gasteiger partial charge on any atom is 0.271 e. The van der Waals surface area contributed by atoms with Crippen LogP contribution in [0, 0.1) is 0 Å². The van der Waals surface area contributed by atoms with Gasteiger partial charge in [-0.3, -0.25) is 4.79 Å². The van der Waals surface area contributed by atoms with Gasteiger partial charge in [-0.15, -0.1) is 0 Å². The molecule has 2 rings (SSSR count). The van der Waals surface area contributed by atoms with Crippen molar-refractivity contribution in [2.24, 2.45) is 5.10 Å². The van der Waals surface area contributed by atoms with Crippen LogP contribution in [0.5, 0.6) is 11.5 Å². The number of hydrogen-bond donors (Lipinski definition) is 3. The van der Waals surface area contributed by atoms with Crippen molar-refractivity contribution in [2.75, 3.05) is 0 Å². The summed E-state index contributed by atoms with van der Waals surface area (Å²) in [6, 6.07) is 10.5. The van der Waals surface area contributed by atoms with Gasteiger partial charge in [0.25, 0.3) is 5.91 Å². The van der Waals surface area contributed by atoms with Gasteiger partial charge < -0.3 is 10.2 Å². The molecule has 0 bridgehead atoms. The van der Waals surface area contributed by atoms with E-state index in [4.69, 9.17) is 11.6 Å². The summed E-state index contributed by atoms with van der Waals surface area (Å²) < 4.78 is 0. The zero-order chi connectivity index (χ0) is 15.4. The molecule has 0 saturated heterocycles. The number of amides is 1. The van der Waals surface area contributed by atoms with Crippen LogP contribution in [0.1, 0.15) is 22.8 Å². The summed E-state index contributed by atoms with van der Waals surface area (Å²) >= 11 is 5.81. The minimum Gasteiger partial charge on any atom is -0.508 e. The number of carbonyl (C=O) groups is 1. The Morgan fingerprint density at radius 3 is 2.67 bits per heavy atom. The highest BCUT2D eigenvalue weighted by atomic mass is 35.5. The smallest absolute Gasteiger partial charge is 0.271 e. The molecule has 2 aromatic carbocycles. The Hall–Kier alpha value is -2.53. The Bertz CT molecular complexity index is 714. The zero-order valence-electron chi connectivity index (χ0n) is 11.2. The molecule has 0 aliphatic carbocycles. The van der Waals surface area contributed by atoms with Gasteiger partial charge in [0.15, 0.2) is 0 Å². The molecule has 0 fully saturated rings. The van der Waals surface area contributed by atoms with Gasteiger partial charge in [0, 0.05) is 16.1 Å². The highest BCUT2D eigenvalue weighted by Crippen LogP contribution is 2.22. The summed E-state index contributed by atoms with van der Waals surface area (Å²) in [6.45, 7) is 1.60. The molecular formula is C15H13ClN2O3. The first kappa shape index (κ1) is 14.9. The molecule has 0 atom stereocenters. The van der Waals surface area contributed by atoms with E-state index in [-0.39, 0.29) is 11.5 Å². The molecule has 0 aliphatic rings. The Labute approximate surface area is 126 Å². The molecule has 0 spiro atoms. The predicted octanol–water partition coefficient (Wildman–Crippen LogP) is 2.91. The van der Waals surface area contributed by atoms with E-state index in [0.29, 0.717) is 21.9 Å². The van der Waals surface area contributed by atoms with E-state index in [1.54, 1.807) is 25.1 Å². The number of carbonyl (C=O) groups excluding carboxylic acids is 1. The lowest BCUT2D eigenvalue weighted by Crippen LogP contribution is -2.19. The Balaban J connectivity index is 2.17. The lowest BCUT2D eigenvalue weighted by molar-refractivity contribution is 0.0955. The lowest BCUT2D eigenvalue weighted by Gasteiger charge is -2.06. The van der Waals surface area contributed by atoms with Crippen molar-refractivity contribution in [3.63, 3.8) is 0 Å². The summed E-state index contributed by atoms with van der Waals surface area (Å²) in [6.07, 6.45) is 0. The molecule has 3 N–H and O–H groups in total. The average molecular weight is 305 g/mol. The Kier molecular flexibility index (Phi) is 4.45. The molecular weight excluding hydrogens is 292 g/mol. The summed E-state index contributed by atoms with van der Waals surface area (Å²) in [4.78, 5) is 11.9. The zero-order valence-corrected chi connectivity index (χ0v) is 11.9. The summed E-state index contributed by atoms with van der Waals surface area (Å²) in [5.41, 5.74) is 3.44. The van der Waals surface area contributed by atoms with Crippen LogP contribution in [0.3, 0.4) is 0 Å². The normalized spacial score (nSPS) is 11.2. The van der Waals surface area contributed by atoms with Gasteiger partial charge in [-0.05, 0) is 43.3 Å². The molecule has 108 valence electrons. The van der Waals surface area contributed by atoms with Gasteiger partial charge in [0.1, 0.15) is 11.5 Å². The van der Waals surface area contributed by atoms with Crippen molar-refractivity contribution in [3.8, 4) is 11.5 Å². The first-order valence-corrected chi connectivity index (χ1v) is 6.47. The van der Waals surface area contributed by atoms with E-state index < -0.39 is 5.91 Å². The lowest BCUT2D eigenvalue weighted by atomic mass is 10.1. The fraction of sp³-hybridized carbons (Fsp3) is 0.0667. The molecule has 5 nitrogen and oxygen atoms in total. The topological polar surface area (TPSA) is 81.9 Å². The van der Waals surface area contributed by atoms with Gasteiger partial charge in [-0.2, -0.15) is 5.10 Å². The number of rotatable bonds is 3. The van der Waals surface area contributed by atoms with Gasteiger partial charge in [-0.25, -0.2) is 5.43 Å². The van der Waals surface area contributed by atoms with Crippen LogP contribution in [-0.2, 0) is 0 Å². The van der Waals surface area contributed by atoms with Gasteiger partial charge in [0.05, 0.1) is 5.71 Å². The van der Waals surface area contributed by atoms with E-state index in [2.05, 4.69) is 10.5 Å². The third kappa shape index (κ3) is 3.73. The number of nitrogens with one attached hydrogen (secondary N) is 1. The predicted molar refractivity (Wildman–Crippen MR) is 80.9 cm³/mol. The molecule has 0 heterocycles. The number of aromatic hydroxyl groups is 2. The van der Waals surface area contributed by atoms with Gasteiger partial charge in [-0.1, -0.05) is 17.7 Å². The largest absolute Gasteiger partial charge is 0.508 e. The van der Waals surface area contributed by atoms with Gasteiger partial charge >= 0.3 is 0 Å². The van der Waals surface area contributed by atoms with Crippen molar-refractivity contribution in [3.05, 3.63) is 58.6 Å². The SMILES string of the molecule is C/C(=N\NC(=O)c1cccc(Cl)c1)c1cc(O)ccc1O. The number of benzene rings is 2. The molecule has 0 radical (unpaired) electrons. The third-order valence-electron chi connectivity index (χ3n) is 2.78. The van der Waals surface area contributed by atoms with Gasteiger partial charge in [0.2, 0.25) is 0 Å². The van der Waals surface area contributed by atoms with Crippen LogP contribution in [0.2, 0.25) is 5.02 Å². The van der Waals surface area contributed by atoms with E-state index >= 15 is 0 Å². The van der Waals surface area contributed by atoms with Crippen LogP contribution < -0.4 is 5.43 Å². The first-order chi connectivity index (χ1) is 9.97. The van der Waals surface area contributed by atoms with Crippen molar-refractivity contribution >= 4 is 23.2 Å². The molecule has 6 heteroatoms. The quantitative estimate of drug-likeness (QED) is 0.463. The second kappa shape index (κ2) is 6.28. The monoisotopic (exact) mass is 304 g/mol. The van der Waals surface area contributed by atoms with Crippen molar-refractivity contribution in [2.45, 2.75) is 6.92 Å². The Morgan fingerprint density at radius 1 is 1.19 bits per heavy atom. The highest BCUT2D eigenvalue weighted by molar-refractivity contribution is 6.30. The highest BCUT2D eigenvalue weighted by Gasteiger charge is 2.08. The van der Waals surface area contributed by atoms with E-state index in [0.717, 1.165) is 0 Å². The molecule has 0 aliphatic heterocycles. The Morgan fingerprint density at radius 2 is 1.95 bits per heavy atom. The number of nitrogens with zero attached hydrogens (tertiary/aromatic N) is 1. The van der Waals surface area contributed by atoms with Crippen molar-refractivity contribution in [1.29, 1.82) is 0 Å². The fourth-order valence-electron chi connectivity index (χ4n) is 1.70. The van der Waals surface area contributed by atoms with Crippen molar-refractivity contribution in [1.82, 2.24) is 5.43 Å². The first-order valence-electron chi connectivity index (χ1n) is 6.10. The summed E-state index contributed by atoms with van der Waals surface area (Å²) in [7, 11) is 0. The minimum atomic E-state index is -0.420. The van der Waals surface area contributed by atoms with E-state index in [9.17, 15) is 15.0 Å². The fourth-order valence-corrected chi connectivity index (χ4v) is 1.89. The average Bonchev–Trinajstić information content (AvgIpc) is 2.47. The molecule has 21 heavy (non-hydrogen) atoms. The number of phenols is 2. The number of hydrogen-bond acceptors (Lipinski definition) is 4. The van der Waals surface area contributed by atoms with E-state index in [1.807, 2.05) is 0 Å². The summed E-state index contributed by atoms with van der Waals surface area (Å²) in [5.74, 6) is -0.457. The molecule has 1 amide bonds. The standard InChI is InChI=1S/C15H13ClN2O3/c1-9(13-8-12(19)5-6-14(13)20)17-18-15(21)10-3-2-4-11(16)7-10/h2-8,19-20H,1H3,(H,18,21)/b17-9+. The second-order valence-electron chi connectivity index (χ2n) is 4.35. The summed E-state index contributed by atoms with van der Waals surface area (Å²) in [5, 5.41) is 23.5. The number of phenolic OH excluding ortho intramolecular Hbond substituents is 2. The maximum atomic E-state index is 11.9. The molecule has 2 aromatic rings. The van der Waals surface area contributed by atoms with Crippen LogP contribution in [0.25, 0.3) is 0 Å². The molecule has 0 saturated carbocycles. The van der Waals surface area contributed by atoms with E-state index in [1.165, 1.54) is 24.3 Å². The third-order valence-corrected chi connectivity index (χ3v) is 3.02. The van der Waals surface area contributed by atoms with Crippen LogP contribution in [0.4, 0.5) is 0 Å². The van der Waals surface area contributed by atoms with Crippen LogP contribution >= 0.6 is 11.6 Å². The minimum absolute atomic E-state index is 0.00137. The second-order valence-corrected chi connectivity index (χ2v) is 4.79. The van der Waals surface area contributed by atoms with Crippen LogP contribution in [0.15, 0.2) is 47.6 Å². The van der Waals surface area contributed by atoms with Crippen LogP contribution in [-0.4, -0.2) is 21.8 Å². The molecule has 0 aromatic heterocycles. The number of hydrazone groups is 1.